The molecule has 7 heteroatoms. The largest absolute Gasteiger partial charge is 0.312 e. The number of nitrogens with one attached hydrogen (secondary N) is 1. The molecule has 1 saturated heterocycles. The Balaban J connectivity index is 1.69. The topological polar surface area (TPSA) is 66.5 Å². The second-order valence-electron chi connectivity index (χ2n) is 5.57. The minimum Gasteiger partial charge on any atom is -0.312 e. The van der Waals surface area contributed by atoms with E-state index in [1.165, 1.54) is 12.1 Å². The molecule has 24 heavy (non-hydrogen) atoms. The molecule has 1 N–H and O–H groups in total. The van der Waals surface area contributed by atoms with Crippen LogP contribution < -0.4 is 9.62 Å². The number of hydrogen-bond donors (Lipinski definition) is 1. The number of benzene rings is 2. The Hall–Kier alpha value is -1.89. The van der Waals surface area contributed by atoms with Crippen molar-refractivity contribution in [2.45, 2.75) is 24.3 Å². The Kier molecular flexibility index (Phi) is 4.89. The van der Waals surface area contributed by atoms with Gasteiger partial charge in [0.2, 0.25) is 15.9 Å². The van der Waals surface area contributed by atoms with Gasteiger partial charge in [0, 0.05) is 25.2 Å². The molecule has 2 aromatic rings. The Bertz CT molecular complexity index is 850. The van der Waals surface area contributed by atoms with Crippen LogP contribution in [0.1, 0.15) is 18.4 Å². The molecular weight excluding hydrogens is 348 g/mol. The molecule has 0 aliphatic carbocycles. The van der Waals surface area contributed by atoms with Crippen LogP contribution in [-0.2, 0) is 21.4 Å². The molecule has 0 unspecified atom stereocenters. The molecule has 126 valence electrons. The van der Waals surface area contributed by atoms with Gasteiger partial charge in [0.05, 0.1) is 5.02 Å². The SMILES string of the molecule is O=C1CCCN1c1ccc(CNS(=O)(=O)c2ccccc2Cl)cc1. The van der Waals surface area contributed by atoms with Gasteiger partial charge in [-0.15, -0.1) is 0 Å². The van der Waals surface area contributed by atoms with Crippen LogP contribution in [0.4, 0.5) is 5.69 Å². The fourth-order valence-electron chi connectivity index (χ4n) is 2.63. The highest BCUT2D eigenvalue weighted by molar-refractivity contribution is 7.89. The Morgan fingerprint density at radius 2 is 1.79 bits per heavy atom. The highest BCUT2D eigenvalue weighted by Crippen LogP contribution is 2.23. The summed E-state index contributed by atoms with van der Waals surface area (Å²) in [5.74, 6) is 0.127. The molecule has 0 radical (unpaired) electrons. The van der Waals surface area contributed by atoms with Crippen LogP contribution in [0.5, 0.6) is 0 Å². The smallest absolute Gasteiger partial charge is 0.242 e. The first kappa shape index (κ1) is 17.0. The summed E-state index contributed by atoms with van der Waals surface area (Å²) in [6.45, 7) is 0.888. The van der Waals surface area contributed by atoms with Crippen molar-refractivity contribution in [3.05, 3.63) is 59.1 Å². The first-order valence-electron chi connectivity index (χ1n) is 7.61. The lowest BCUT2D eigenvalue weighted by Crippen LogP contribution is -2.24. The normalized spacial score (nSPS) is 15.0. The van der Waals surface area contributed by atoms with Gasteiger partial charge in [-0.25, -0.2) is 13.1 Å². The van der Waals surface area contributed by atoms with E-state index in [2.05, 4.69) is 4.72 Å². The van der Waals surface area contributed by atoms with E-state index in [1.807, 2.05) is 24.3 Å². The molecule has 1 aliphatic heterocycles. The van der Waals surface area contributed by atoms with E-state index in [0.717, 1.165) is 24.2 Å². The lowest BCUT2D eigenvalue weighted by atomic mass is 10.2. The van der Waals surface area contributed by atoms with Crippen LogP contribution in [-0.4, -0.2) is 20.9 Å². The van der Waals surface area contributed by atoms with E-state index in [9.17, 15) is 13.2 Å². The lowest BCUT2D eigenvalue weighted by molar-refractivity contribution is -0.117. The van der Waals surface area contributed by atoms with Crippen molar-refractivity contribution >= 4 is 33.2 Å². The lowest BCUT2D eigenvalue weighted by Gasteiger charge is -2.16. The third kappa shape index (κ3) is 3.61. The first-order valence-corrected chi connectivity index (χ1v) is 9.47. The standard InChI is InChI=1S/C17H17ClN2O3S/c18-15-4-1-2-5-16(15)24(22,23)19-12-13-7-9-14(10-8-13)20-11-3-6-17(20)21/h1-2,4-5,7-10,19H,3,6,11-12H2. The van der Waals surface area contributed by atoms with E-state index in [4.69, 9.17) is 11.6 Å². The highest BCUT2D eigenvalue weighted by atomic mass is 35.5. The van der Waals surface area contributed by atoms with Crippen LogP contribution in [0.2, 0.25) is 5.02 Å². The van der Waals surface area contributed by atoms with Crippen molar-refractivity contribution < 1.29 is 13.2 Å². The van der Waals surface area contributed by atoms with Crippen molar-refractivity contribution in [3.8, 4) is 0 Å². The fraction of sp³-hybridized carbons (Fsp3) is 0.235. The number of sulfonamides is 1. The number of carbonyl (C=O) groups is 1. The minimum atomic E-state index is -3.67. The van der Waals surface area contributed by atoms with E-state index in [1.54, 1.807) is 17.0 Å². The van der Waals surface area contributed by atoms with E-state index >= 15 is 0 Å². The van der Waals surface area contributed by atoms with Gasteiger partial charge in [-0.05, 0) is 36.2 Å². The maximum atomic E-state index is 12.3. The number of anilines is 1. The van der Waals surface area contributed by atoms with Gasteiger partial charge in [0.25, 0.3) is 0 Å². The van der Waals surface area contributed by atoms with Crippen molar-refractivity contribution in [2.75, 3.05) is 11.4 Å². The molecule has 3 rings (SSSR count). The number of carbonyl (C=O) groups excluding carboxylic acids is 1. The highest BCUT2D eigenvalue weighted by Gasteiger charge is 2.21. The minimum absolute atomic E-state index is 0.0611. The molecule has 5 nitrogen and oxygen atoms in total. The van der Waals surface area contributed by atoms with Crippen LogP contribution in [0.3, 0.4) is 0 Å². The summed E-state index contributed by atoms with van der Waals surface area (Å²) in [6, 6.07) is 13.6. The maximum absolute atomic E-state index is 12.3. The number of hydrogen-bond acceptors (Lipinski definition) is 3. The first-order chi connectivity index (χ1) is 11.5. The second-order valence-corrected chi connectivity index (χ2v) is 7.71. The molecule has 0 aromatic heterocycles. The summed E-state index contributed by atoms with van der Waals surface area (Å²) in [4.78, 5) is 13.5. The molecule has 1 heterocycles. The van der Waals surface area contributed by atoms with Crippen molar-refractivity contribution in [1.82, 2.24) is 4.72 Å². The zero-order valence-corrected chi connectivity index (χ0v) is 14.5. The summed E-state index contributed by atoms with van der Waals surface area (Å²) < 4.78 is 27.1. The monoisotopic (exact) mass is 364 g/mol. The summed E-state index contributed by atoms with van der Waals surface area (Å²) in [5.41, 5.74) is 1.65. The predicted molar refractivity (Wildman–Crippen MR) is 93.5 cm³/mol. The summed E-state index contributed by atoms with van der Waals surface area (Å²) >= 11 is 5.94. The Morgan fingerprint density at radius 1 is 1.08 bits per heavy atom. The summed E-state index contributed by atoms with van der Waals surface area (Å²) in [5, 5.41) is 0.188. The van der Waals surface area contributed by atoms with Crippen LogP contribution in [0, 0.1) is 0 Å². The van der Waals surface area contributed by atoms with Gasteiger partial charge in [-0.2, -0.15) is 0 Å². The molecule has 1 fully saturated rings. The molecule has 0 spiro atoms. The van der Waals surface area contributed by atoms with E-state index in [0.29, 0.717) is 6.42 Å². The van der Waals surface area contributed by atoms with Gasteiger partial charge >= 0.3 is 0 Å². The van der Waals surface area contributed by atoms with Gasteiger partial charge in [0.1, 0.15) is 4.90 Å². The average molecular weight is 365 g/mol. The number of amides is 1. The quantitative estimate of drug-likeness (QED) is 0.887. The van der Waals surface area contributed by atoms with Crippen LogP contribution >= 0.6 is 11.6 Å². The molecule has 0 saturated carbocycles. The molecular formula is C17H17ClN2O3S. The van der Waals surface area contributed by atoms with Crippen LogP contribution in [0.25, 0.3) is 0 Å². The summed E-state index contributed by atoms with van der Waals surface area (Å²) in [7, 11) is -3.67. The predicted octanol–water partition coefficient (Wildman–Crippen LogP) is 2.95. The Labute approximate surface area is 146 Å². The number of rotatable bonds is 5. The average Bonchev–Trinajstić information content (AvgIpc) is 3.00. The van der Waals surface area contributed by atoms with Crippen LogP contribution in [0.15, 0.2) is 53.4 Å². The van der Waals surface area contributed by atoms with Gasteiger partial charge in [-0.3, -0.25) is 4.79 Å². The molecule has 1 aliphatic rings. The fourth-order valence-corrected chi connectivity index (χ4v) is 4.17. The third-order valence-corrected chi connectivity index (χ3v) is 5.81. The van der Waals surface area contributed by atoms with Gasteiger partial charge in [0.15, 0.2) is 0 Å². The van der Waals surface area contributed by atoms with E-state index in [-0.39, 0.29) is 22.4 Å². The Morgan fingerprint density at radius 3 is 2.42 bits per heavy atom. The molecule has 0 bridgehead atoms. The van der Waals surface area contributed by atoms with Crippen molar-refractivity contribution in [1.29, 1.82) is 0 Å². The van der Waals surface area contributed by atoms with Crippen molar-refractivity contribution in [2.24, 2.45) is 0 Å². The molecule has 2 aromatic carbocycles. The third-order valence-electron chi connectivity index (χ3n) is 3.91. The second kappa shape index (κ2) is 6.93. The zero-order valence-electron chi connectivity index (χ0n) is 12.9. The summed E-state index contributed by atoms with van der Waals surface area (Å²) in [6.07, 6.45) is 1.46. The van der Waals surface area contributed by atoms with E-state index < -0.39 is 10.0 Å². The number of nitrogens with zero attached hydrogens (tertiary/aromatic N) is 1. The zero-order chi connectivity index (χ0) is 17.2. The molecule has 0 atom stereocenters. The number of halogens is 1. The molecule has 1 amide bonds. The van der Waals surface area contributed by atoms with Gasteiger partial charge in [-0.1, -0.05) is 35.9 Å². The van der Waals surface area contributed by atoms with Gasteiger partial charge < -0.3 is 4.90 Å². The van der Waals surface area contributed by atoms with Crippen molar-refractivity contribution in [3.63, 3.8) is 0 Å². The maximum Gasteiger partial charge on any atom is 0.242 e.